The molecule has 0 saturated heterocycles. The molecule has 1 aliphatic rings. The summed E-state index contributed by atoms with van der Waals surface area (Å²) in [5, 5.41) is 9.80. The number of nitrogens with one attached hydrogen (secondary N) is 2. The summed E-state index contributed by atoms with van der Waals surface area (Å²) in [5.74, 6) is -0.529. The van der Waals surface area contributed by atoms with Crippen LogP contribution >= 0.6 is 0 Å². The number of carbonyl (C=O) groups excluding carboxylic acids is 2. The van der Waals surface area contributed by atoms with Crippen LogP contribution in [0.3, 0.4) is 0 Å². The quantitative estimate of drug-likeness (QED) is 0.762. The van der Waals surface area contributed by atoms with Gasteiger partial charge in [0.05, 0.1) is 12.6 Å². The van der Waals surface area contributed by atoms with Gasteiger partial charge in [0.25, 0.3) is 0 Å². The second kappa shape index (κ2) is 6.44. The van der Waals surface area contributed by atoms with Gasteiger partial charge < -0.3 is 10.6 Å². The van der Waals surface area contributed by atoms with E-state index in [0.717, 1.165) is 11.1 Å². The standard InChI is InChI=1S/C19H15FN4O2/c20-13-6-8-14(9-7-13)22-19(26)16-10-17(25)23-18-15(11-21-24(16)18)12-4-2-1-3-5-12/h1-9,11,16H,10H2,(H,22,26)(H,23,25)/t16-/m0/s1. The largest absolute Gasteiger partial charge is 0.324 e. The fraction of sp³-hybridized carbons (Fsp3) is 0.105. The average molecular weight is 350 g/mol. The van der Waals surface area contributed by atoms with Crippen molar-refractivity contribution in [2.24, 2.45) is 0 Å². The van der Waals surface area contributed by atoms with Gasteiger partial charge in [-0.15, -0.1) is 0 Å². The lowest BCUT2D eigenvalue weighted by atomic mass is 10.1. The van der Waals surface area contributed by atoms with E-state index in [1.54, 1.807) is 6.20 Å². The van der Waals surface area contributed by atoms with Gasteiger partial charge in [0.2, 0.25) is 11.8 Å². The molecule has 7 heteroatoms. The van der Waals surface area contributed by atoms with E-state index in [1.807, 2.05) is 30.3 Å². The molecule has 0 spiro atoms. The zero-order valence-corrected chi connectivity index (χ0v) is 13.6. The van der Waals surface area contributed by atoms with E-state index in [4.69, 9.17) is 0 Å². The SMILES string of the molecule is O=C1C[C@@H](C(=O)Nc2ccc(F)cc2)n2ncc(-c3ccccc3)c2N1. The summed E-state index contributed by atoms with van der Waals surface area (Å²) >= 11 is 0. The zero-order valence-electron chi connectivity index (χ0n) is 13.6. The van der Waals surface area contributed by atoms with Crippen LogP contribution in [0.2, 0.25) is 0 Å². The first-order valence-corrected chi connectivity index (χ1v) is 8.11. The fourth-order valence-corrected chi connectivity index (χ4v) is 2.96. The monoisotopic (exact) mass is 350 g/mol. The van der Waals surface area contributed by atoms with Crippen molar-refractivity contribution >= 4 is 23.3 Å². The zero-order chi connectivity index (χ0) is 18.1. The molecule has 0 radical (unpaired) electrons. The molecule has 2 amide bonds. The molecule has 2 N–H and O–H groups in total. The molecule has 1 atom stereocenters. The van der Waals surface area contributed by atoms with Gasteiger partial charge >= 0.3 is 0 Å². The molecule has 1 aliphatic heterocycles. The molecule has 0 aliphatic carbocycles. The first-order valence-electron chi connectivity index (χ1n) is 8.11. The molecular formula is C19H15FN4O2. The number of rotatable bonds is 3. The van der Waals surface area contributed by atoms with Gasteiger partial charge in [-0.1, -0.05) is 30.3 Å². The van der Waals surface area contributed by atoms with Gasteiger partial charge in [-0.25, -0.2) is 9.07 Å². The Hall–Kier alpha value is -3.48. The van der Waals surface area contributed by atoms with Crippen LogP contribution in [0.4, 0.5) is 15.9 Å². The second-order valence-corrected chi connectivity index (χ2v) is 5.98. The Bertz CT molecular complexity index is 967. The number of hydrogen-bond donors (Lipinski definition) is 2. The number of benzene rings is 2. The molecular weight excluding hydrogens is 335 g/mol. The molecule has 2 heterocycles. The number of fused-ring (bicyclic) bond motifs is 1. The van der Waals surface area contributed by atoms with Crippen molar-refractivity contribution in [3.05, 3.63) is 66.6 Å². The number of aromatic nitrogens is 2. The van der Waals surface area contributed by atoms with Crippen LogP contribution in [0.5, 0.6) is 0 Å². The summed E-state index contributed by atoms with van der Waals surface area (Å²) in [4.78, 5) is 24.8. The Kier molecular flexibility index (Phi) is 3.96. The van der Waals surface area contributed by atoms with Crippen molar-refractivity contribution in [3.8, 4) is 11.1 Å². The third kappa shape index (κ3) is 2.95. The molecule has 2 aromatic carbocycles. The van der Waals surface area contributed by atoms with Gasteiger partial charge in [-0.05, 0) is 29.8 Å². The predicted molar refractivity (Wildman–Crippen MR) is 95.0 cm³/mol. The highest BCUT2D eigenvalue weighted by Gasteiger charge is 2.33. The highest BCUT2D eigenvalue weighted by Crippen LogP contribution is 2.34. The normalized spacial score (nSPS) is 15.9. The number of nitrogens with zero attached hydrogens (tertiary/aromatic N) is 2. The third-order valence-corrected chi connectivity index (χ3v) is 4.23. The highest BCUT2D eigenvalue weighted by atomic mass is 19.1. The van der Waals surface area contributed by atoms with Crippen LogP contribution in [0.15, 0.2) is 60.8 Å². The van der Waals surface area contributed by atoms with Crippen LogP contribution < -0.4 is 10.6 Å². The van der Waals surface area contributed by atoms with Crippen molar-refractivity contribution in [1.82, 2.24) is 9.78 Å². The molecule has 0 fully saturated rings. The van der Waals surface area contributed by atoms with Crippen LogP contribution in [0.25, 0.3) is 11.1 Å². The van der Waals surface area contributed by atoms with Gasteiger partial charge in [0.15, 0.2) is 0 Å². The van der Waals surface area contributed by atoms with Crippen molar-refractivity contribution in [2.75, 3.05) is 10.6 Å². The minimum absolute atomic E-state index is 0.0179. The number of carbonyl (C=O) groups is 2. The number of amides is 2. The van der Waals surface area contributed by atoms with E-state index in [2.05, 4.69) is 15.7 Å². The van der Waals surface area contributed by atoms with Gasteiger partial charge in [-0.2, -0.15) is 5.10 Å². The Labute approximate surface area is 148 Å². The Morgan fingerprint density at radius 2 is 1.88 bits per heavy atom. The molecule has 1 aromatic heterocycles. The van der Waals surface area contributed by atoms with Gasteiger partial charge in [0, 0.05) is 11.3 Å². The smallest absolute Gasteiger partial charge is 0.249 e. The van der Waals surface area contributed by atoms with Crippen LogP contribution in [0, 0.1) is 5.82 Å². The maximum atomic E-state index is 13.0. The lowest BCUT2D eigenvalue weighted by molar-refractivity contribution is -0.125. The lowest BCUT2D eigenvalue weighted by Gasteiger charge is -2.24. The third-order valence-electron chi connectivity index (χ3n) is 4.23. The van der Waals surface area contributed by atoms with E-state index in [9.17, 15) is 14.0 Å². The summed E-state index contributed by atoms with van der Waals surface area (Å²) in [6.45, 7) is 0. The van der Waals surface area contributed by atoms with Crippen molar-refractivity contribution in [1.29, 1.82) is 0 Å². The first-order chi connectivity index (χ1) is 12.6. The molecule has 130 valence electrons. The lowest BCUT2D eigenvalue weighted by Crippen LogP contribution is -2.35. The van der Waals surface area contributed by atoms with Gasteiger partial charge in [-0.3, -0.25) is 9.59 Å². The molecule has 6 nitrogen and oxygen atoms in total. The van der Waals surface area contributed by atoms with Crippen molar-refractivity contribution < 1.29 is 14.0 Å². The number of halogens is 1. The summed E-state index contributed by atoms with van der Waals surface area (Å²) in [7, 11) is 0. The minimum atomic E-state index is -0.777. The summed E-state index contributed by atoms with van der Waals surface area (Å²) in [5.41, 5.74) is 2.10. The van der Waals surface area contributed by atoms with Crippen LogP contribution in [-0.2, 0) is 9.59 Å². The van der Waals surface area contributed by atoms with Crippen molar-refractivity contribution in [3.63, 3.8) is 0 Å². The van der Waals surface area contributed by atoms with E-state index >= 15 is 0 Å². The van der Waals surface area contributed by atoms with E-state index in [0.29, 0.717) is 11.5 Å². The highest BCUT2D eigenvalue weighted by molar-refractivity contribution is 6.03. The summed E-state index contributed by atoms with van der Waals surface area (Å²) < 4.78 is 14.5. The molecule has 0 saturated carbocycles. The minimum Gasteiger partial charge on any atom is -0.324 e. The molecule has 3 aromatic rings. The van der Waals surface area contributed by atoms with Gasteiger partial charge in [0.1, 0.15) is 17.7 Å². The average Bonchev–Trinajstić information content (AvgIpc) is 3.07. The summed E-state index contributed by atoms with van der Waals surface area (Å²) in [6.07, 6.45) is 1.62. The molecule has 4 rings (SSSR count). The molecule has 26 heavy (non-hydrogen) atoms. The number of anilines is 2. The van der Waals surface area contributed by atoms with Crippen LogP contribution in [-0.4, -0.2) is 21.6 Å². The predicted octanol–water partition coefficient (Wildman–Crippen LogP) is 3.21. The molecule has 0 bridgehead atoms. The molecule has 0 unspecified atom stereocenters. The van der Waals surface area contributed by atoms with Crippen molar-refractivity contribution in [2.45, 2.75) is 12.5 Å². The topological polar surface area (TPSA) is 76.0 Å². The summed E-state index contributed by atoms with van der Waals surface area (Å²) in [6, 6.07) is 14.2. The Morgan fingerprint density at radius 1 is 1.15 bits per heavy atom. The fourth-order valence-electron chi connectivity index (χ4n) is 2.96. The van der Waals surface area contributed by atoms with E-state index in [1.165, 1.54) is 28.9 Å². The Morgan fingerprint density at radius 3 is 2.62 bits per heavy atom. The first kappa shape index (κ1) is 16.0. The second-order valence-electron chi connectivity index (χ2n) is 5.98. The van der Waals surface area contributed by atoms with E-state index < -0.39 is 6.04 Å². The Balaban J connectivity index is 1.65. The van der Waals surface area contributed by atoms with Crippen LogP contribution in [0.1, 0.15) is 12.5 Å². The maximum absolute atomic E-state index is 13.0. The van der Waals surface area contributed by atoms with E-state index in [-0.39, 0.29) is 24.1 Å². The maximum Gasteiger partial charge on any atom is 0.249 e. The number of hydrogen-bond acceptors (Lipinski definition) is 3.